The van der Waals surface area contributed by atoms with E-state index < -0.39 is 11.7 Å². The Kier molecular flexibility index (Phi) is 5.58. The number of anilines is 1. The first-order valence-electron chi connectivity index (χ1n) is 9.22. The molecule has 0 radical (unpaired) electrons. The summed E-state index contributed by atoms with van der Waals surface area (Å²) in [5.41, 5.74) is 0.572. The number of aryl methyl sites for hydroxylation is 1. The Labute approximate surface area is 162 Å². The highest BCUT2D eigenvalue weighted by atomic mass is 19.4. The fraction of sp³-hybridized carbons (Fsp3) is 0.450. The fourth-order valence-electron chi connectivity index (χ4n) is 3.17. The first kappa shape index (κ1) is 20.1. The molecule has 150 valence electrons. The fourth-order valence-corrected chi connectivity index (χ4v) is 3.17. The Hall–Kier alpha value is -2.64. The lowest BCUT2D eigenvalue weighted by Gasteiger charge is -2.36. The molecular weight excluding hydrogens is 369 g/mol. The maximum absolute atomic E-state index is 12.8. The minimum absolute atomic E-state index is 0.0286. The van der Waals surface area contributed by atoms with Crippen molar-refractivity contribution in [1.29, 1.82) is 0 Å². The van der Waals surface area contributed by atoms with Gasteiger partial charge in [-0.15, -0.1) is 0 Å². The van der Waals surface area contributed by atoms with Crippen molar-refractivity contribution < 1.29 is 18.0 Å². The summed E-state index contributed by atoms with van der Waals surface area (Å²) < 4.78 is 38.3. The number of benzene rings is 1. The molecule has 3 rings (SSSR count). The number of carbonyl (C=O) groups excluding carboxylic acids is 1. The summed E-state index contributed by atoms with van der Waals surface area (Å²) >= 11 is 0. The summed E-state index contributed by atoms with van der Waals surface area (Å²) in [5.74, 6) is 1.23. The molecule has 1 amide bonds. The summed E-state index contributed by atoms with van der Waals surface area (Å²) in [6.07, 6.45) is -4.37. The highest BCUT2D eigenvalue weighted by Gasteiger charge is 2.30. The third kappa shape index (κ3) is 4.43. The van der Waals surface area contributed by atoms with E-state index in [9.17, 15) is 18.0 Å². The molecule has 0 saturated carbocycles. The van der Waals surface area contributed by atoms with Gasteiger partial charge in [0.15, 0.2) is 5.82 Å². The maximum Gasteiger partial charge on any atom is 0.416 e. The van der Waals surface area contributed by atoms with Crippen LogP contribution < -0.4 is 4.90 Å². The van der Waals surface area contributed by atoms with Crippen molar-refractivity contribution in [2.24, 2.45) is 5.92 Å². The van der Waals surface area contributed by atoms with Crippen LogP contribution in [0.15, 0.2) is 30.3 Å². The van der Waals surface area contributed by atoms with Gasteiger partial charge in [0.1, 0.15) is 5.82 Å². The average Bonchev–Trinajstić information content (AvgIpc) is 2.66. The number of alkyl halides is 3. The summed E-state index contributed by atoms with van der Waals surface area (Å²) in [4.78, 5) is 25.0. The van der Waals surface area contributed by atoms with Crippen molar-refractivity contribution in [1.82, 2.24) is 14.9 Å². The van der Waals surface area contributed by atoms with Crippen LogP contribution in [0.1, 0.15) is 25.1 Å². The molecule has 5 nitrogen and oxygen atoms in total. The van der Waals surface area contributed by atoms with Gasteiger partial charge in [0.05, 0.1) is 5.56 Å². The van der Waals surface area contributed by atoms with E-state index in [1.54, 1.807) is 0 Å². The van der Waals surface area contributed by atoms with Crippen molar-refractivity contribution in [2.75, 3.05) is 31.1 Å². The van der Waals surface area contributed by atoms with Gasteiger partial charge in [-0.2, -0.15) is 13.2 Å². The second-order valence-corrected chi connectivity index (χ2v) is 7.23. The molecule has 1 aromatic heterocycles. The number of rotatable bonds is 3. The molecule has 1 saturated heterocycles. The van der Waals surface area contributed by atoms with Crippen LogP contribution in [0.3, 0.4) is 0 Å². The van der Waals surface area contributed by atoms with Crippen LogP contribution in [-0.2, 0) is 11.0 Å². The van der Waals surface area contributed by atoms with Crippen LogP contribution in [0.25, 0.3) is 11.4 Å². The molecule has 2 heterocycles. The van der Waals surface area contributed by atoms with E-state index in [2.05, 4.69) is 14.9 Å². The number of halogens is 3. The van der Waals surface area contributed by atoms with E-state index in [1.807, 2.05) is 31.7 Å². The smallest absolute Gasteiger partial charge is 0.353 e. The third-order valence-electron chi connectivity index (χ3n) is 4.72. The van der Waals surface area contributed by atoms with Crippen molar-refractivity contribution in [3.63, 3.8) is 0 Å². The van der Waals surface area contributed by atoms with Gasteiger partial charge in [0.25, 0.3) is 0 Å². The lowest BCUT2D eigenvalue weighted by Crippen LogP contribution is -2.50. The molecule has 2 aromatic rings. The SMILES string of the molecule is Cc1cc(N2CCN(C(=O)C(C)C)CC2)nc(-c2ccc(C(F)(F)F)cc2)n1. The second kappa shape index (κ2) is 7.77. The molecule has 0 aliphatic carbocycles. The topological polar surface area (TPSA) is 49.3 Å². The van der Waals surface area contributed by atoms with E-state index in [1.165, 1.54) is 12.1 Å². The van der Waals surface area contributed by atoms with Gasteiger partial charge >= 0.3 is 6.18 Å². The van der Waals surface area contributed by atoms with Gasteiger partial charge in [-0.3, -0.25) is 4.79 Å². The molecular formula is C20H23F3N4O. The number of hydrogen-bond donors (Lipinski definition) is 0. The molecule has 28 heavy (non-hydrogen) atoms. The molecule has 0 unspecified atom stereocenters. The third-order valence-corrected chi connectivity index (χ3v) is 4.72. The number of amides is 1. The van der Waals surface area contributed by atoms with Crippen molar-refractivity contribution >= 4 is 11.7 Å². The summed E-state index contributed by atoms with van der Waals surface area (Å²) in [7, 11) is 0. The van der Waals surface area contributed by atoms with Crippen molar-refractivity contribution in [2.45, 2.75) is 26.9 Å². The molecule has 1 aliphatic rings. The highest BCUT2D eigenvalue weighted by molar-refractivity contribution is 5.78. The van der Waals surface area contributed by atoms with Gasteiger partial charge < -0.3 is 9.80 Å². The number of hydrogen-bond acceptors (Lipinski definition) is 4. The molecule has 0 spiro atoms. The van der Waals surface area contributed by atoms with Gasteiger partial charge in [-0.1, -0.05) is 26.0 Å². The minimum Gasteiger partial charge on any atom is -0.353 e. The van der Waals surface area contributed by atoms with E-state index in [-0.39, 0.29) is 11.8 Å². The zero-order valence-electron chi connectivity index (χ0n) is 16.1. The van der Waals surface area contributed by atoms with Crippen LogP contribution in [0, 0.1) is 12.8 Å². The predicted molar refractivity (Wildman–Crippen MR) is 101 cm³/mol. The van der Waals surface area contributed by atoms with Gasteiger partial charge in [0, 0.05) is 49.4 Å². The standard InChI is InChI=1S/C20H23F3N4O/c1-13(2)19(28)27-10-8-26(9-11-27)17-12-14(3)24-18(25-17)15-4-6-16(7-5-15)20(21,22)23/h4-7,12-13H,8-11H2,1-3H3. The van der Waals surface area contributed by atoms with E-state index in [0.717, 1.165) is 23.6 Å². The van der Waals surface area contributed by atoms with Gasteiger partial charge in [0.2, 0.25) is 5.91 Å². The van der Waals surface area contributed by atoms with E-state index >= 15 is 0 Å². The molecule has 1 fully saturated rings. The largest absolute Gasteiger partial charge is 0.416 e. The summed E-state index contributed by atoms with van der Waals surface area (Å²) in [6.45, 7) is 8.16. The Balaban J connectivity index is 1.78. The molecule has 8 heteroatoms. The molecule has 0 N–H and O–H groups in total. The number of carbonyl (C=O) groups is 1. The van der Waals surface area contributed by atoms with Crippen molar-refractivity contribution in [3.05, 3.63) is 41.6 Å². The Morgan fingerprint density at radius 3 is 2.18 bits per heavy atom. The Morgan fingerprint density at radius 1 is 1.04 bits per heavy atom. The number of piperazine rings is 1. The van der Waals surface area contributed by atoms with Crippen LogP contribution in [0.2, 0.25) is 0 Å². The van der Waals surface area contributed by atoms with Gasteiger partial charge in [-0.05, 0) is 19.1 Å². The van der Waals surface area contributed by atoms with Crippen LogP contribution in [0.4, 0.5) is 19.0 Å². The number of aromatic nitrogens is 2. The first-order chi connectivity index (χ1) is 13.1. The number of nitrogens with zero attached hydrogens (tertiary/aromatic N) is 4. The predicted octanol–water partition coefficient (Wildman–Crippen LogP) is 3.78. The Morgan fingerprint density at radius 2 is 1.64 bits per heavy atom. The normalized spacial score (nSPS) is 15.2. The van der Waals surface area contributed by atoms with E-state index in [0.29, 0.717) is 37.6 Å². The lowest BCUT2D eigenvalue weighted by atomic mass is 10.1. The lowest BCUT2D eigenvalue weighted by molar-refractivity contribution is -0.137. The van der Waals surface area contributed by atoms with Crippen LogP contribution in [0.5, 0.6) is 0 Å². The minimum atomic E-state index is -4.37. The summed E-state index contributed by atoms with van der Waals surface area (Å²) in [6, 6.07) is 6.71. The second-order valence-electron chi connectivity index (χ2n) is 7.23. The first-order valence-corrected chi connectivity index (χ1v) is 9.22. The monoisotopic (exact) mass is 392 g/mol. The average molecular weight is 392 g/mol. The summed E-state index contributed by atoms with van der Waals surface area (Å²) in [5, 5.41) is 0. The zero-order chi connectivity index (χ0) is 20.5. The Bertz CT molecular complexity index is 842. The molecule has 1 aromatic carbocycles. The molecule has 0 atom stereocenters. The highest BCUT2D eigenvalue weighted by Crippen LogP contribution is 2.30. The van der Waals surface area contributed by atoms with Crippen LogP contribution in [-0.4, -0.2) is 47.0 Å². The quantitative estimate of drug-likeness (QED) is 0.798. The van der Waals surface area contributed by atoms with Gasteiger partial charge in [-0.25, -0.2) is 9.97 Å². The molecule has 1 aliphatic heterocycles. The zero-order valence-corrected chi connectivity index (χ0v) is 16.1. The molecule has 0 bridgehead atoms. The van der Waals surface area contributed by atoms with Crippen molar-refractivity contribution in [3.8, 4) is 11.4 Å². The maximum atomic E-state index is 12.8. The van der Waals surface area contributed by atoms with Crippen LogP contribution >= 0.6 is 0 Å². The van der Waals surface area contributed by atoms with E-state index in [4.69, 9.17) is 0 Å².